The van der Waals surface area contributed by atoms with E-state index in [1.807, 2.05) is 0 Å². The van der Waals surface area contributed by atoms with E-state index in [2.05, 4.69) is 38.1 Å². The largest absolute Gasteiger partial charge is 0.293 e. The van der Waals surface area contributed by atoms with Crippen molar-refractivity contribution in [3.8, 4) is 6.07 Å². The molecule has 0 N–H and O–H groups in total. The van der Waals surface area contributed by atoms with Gasteiger partial charge in [-0.2, -0.15) is 5.26 Å². The molecule has 0 fully saturated rings. The fraction of sp³-hybridized carbons (Fsp3) is 0.222. The van der Waals surface area contributed by atoms with Crippen LogP contribution in [0.2, 0.25) is 0 Å². The first-order valence-corrected chi connectivity index (χ1v) is 7.92. The predicted octanol–water partition coefficient (Wildman–Crippen LogP) is 4.29. The number of ketones is 1. The van der Waals surface area contributed by atoms with Crippen LogP contribution in [0.4, 0.5) is 0 Å². The van der Waals surface area contributed by atoms with Crippen molar-refractivity contribution in [2.45, 2.75) is 19.6 Å². The van der Waals surface area contributed by atoms with Crippen LogP contribution in [-0.4, -0.2) is 11.5 Å². The SMILES string of the molecule is Cc1cc(C)cc(CSCC(=O)c2ccc(C#N)cc2)c1. The number of carbonyl (C=O) groups excluding carboxylic acids is 1. The standard InChI is InChI=1S/C18H17NOS/c1-13-7-14(2)9-16(8-13)11-21-12-18(20)17-5-3-15(10-19)4-6-17/h3-9H,11-12H2,1-2H3. The first-order valence-electron chi connectivity index (χ1n) is 6.77. The molecule has 0 unspecified atom stereocenters. The summed E-state index contributed by atoms with van der Waals surface area (Å²) in [6.07, 6.45) is 0. The summed E-state index contributed by atoms with van der Waals surface area (Å²) >= 11 is 1.62. The Labute approximate surface area is 129 Å². The average Bonchev–Trinajstić information content (AvgIpc) is 2.46. The zero-order chi connectivity index (χ0) is 15.2. The minimum atomic E-state index is 0.105. The van der Waals surface area contributed by atoms with Gasteiger partial charge in [0.25, 0.3) is 0 Å². The highest BCUT2D eigenvalue weighted by atomic mass is 32.2. The lowest BCUT2D eigenvalue weighted by Crippen LogP contribution is -2.02. The summed E-state index contributed by atoms with van der Waals surface area (Å²) in [6.45, 7) is 4.17. The molecule has 0 aliphatic rings. The molecule has 0 atom stereocenters. The fourth-order valence-electron chi connectivity index (χ4n) is 2.23. The summed E-state index contributed by atoms with van der Waals surface area (Å²) in [7, 11) is 0. The van der Waals surface area contributed by atoms with Crippen LogP contribution in [0.25, 0.3) is 0 Å². The molecule has 0 spiro atoms. The van der Waals surface area contributed by atoms with Crippen molar-refractivity contribution in [1.29, 1.82) is 5.26 Å². The van der Waals surface area contributed by atoms with Crippen LogP contribution in [0.1, 0.15) is 32.6 Å². The van der Waals surface area contributed by atoms with Crippen molar-refractivity contribution in [3.63, 3.8) is 0 Å². The smallest absolute Gasteiger partial charge is 0.172 e. The van der Waals surface area contributed by atoms with Gasteiger partial charge in [-0.05, 0) is 31.5 Å². The van der Waals surface area contributed by atoms with Crippen LogP contribution < -0.4 is 0 Å². The highest BCUT2D eigenvalue weighted by Crippen LogP contribution is 2.17. The van der Waals surface area contributed by atoms with Gasteiger partial charge >= 0.3 is 0 Å². The Morgan fingerprint density at radius 1 is 1.10 bits per heavy atom. The summed E-state index contributed by atoms with van der Waals surface area (Å²) in [5, 5.41) is 8.74. The second-order valence-electron chi connectivity index (χ2n) is 5.10. The van der Waals surface area contributed by atoms with Gasteiger partial charge < -0.3 is 0 Å². The quantitative estimate of drug-likeness (QED) is 0.773. The van der Waals surface area contributed by atoms with Crippen LogP contribution in [0.15, 0.2) is 42.5 Å². The number of aryl methyl sites for hydroxylation is 2. The van der Waals surface area contributed by atoms with E-state index in [4.69, 9.17) is 5.26 Å². The summed E-state index contributed by atoms with van der Waals surface area (Å²) in [6, 6.07) is 15.3. The second kappa shape index (κ2) is 7.10. The molecule has 2 aromatic rings. The summed E-state index contributed by atoms with van der Waals surface area (Å²) in [4.78, 5) is 12.1. The Morgan fingerprint density at radius 2 is 1.71 bits per heavy atom. The van der Waals surface area contributed by atoms with Gasteiger partial charge in [0.05, 0.1) is 17.4 Å². The van der Waals surface area contributed by atoms with E-state index in [-0.39, 0.29) is 5.78 Å². The van der Waals surface area contributed by atoms with Gasteiger partial charge in [-0.25, -0.2) is 0 Å². The molecule has 0 aliphatic carbocycles. The summed E-state index contributed by atoms with van der Waals surface area (Å²) in [5.41, 5.74) is 5.01. The highest BCUT2D eigenvalue weighted by molar-refractivity contribution is 7.99. The van der Waals surface area contributed by atoms with Crippen LogP contribution in [0.3, 0.4) is 0 Å². The van der Waals surface area contributed by atoms with Crippen molar-refractivity contribution in [2.75, 3.05) is 5.75 Å². The Hall–Kier alpha value is -2.05. The Bertz CT molecular complexity index is 663. The minimum Gasteiger partial charge on any atom is -0.293 e. The van der Waals surface area contributed by atoms with Crippen LogP contribution in [0.5, 0.6) is 0 Å². The predicted molar refractivity (Wildman–Crippen MR) is 87.6 cm³/mol. The van der Waals surface area contributed by atoms with Crippen LogP contribution in [0, 0.1) is 25.2 Å². The second-order valence-corrected chi connectivity index (χ2v) is 6.09. The monoisotopic (exact) mass is 295 g/mol. The third kappa shape index (κ3) is 4.47. The van der Waals surface area contributed by atoms with Crippen molar-refractivity contribution in [3.05, 3.63) is 70.3 Å². The normalized spacial score (nSPS) is 10.1. The Kier molecular flexibility index (Phi) is 5.19. The van der Waals surface area contributed by atoms with E-state index in [0.717, 1.165) is 5.75 Å². The molecular formula is C18H17NOS. The Balaban J connectivity index is 1.90. The molecule has 106 valence electrons. The zero-order valence-electron chi connectivity index (χ0n) is 12.2. The molecule has 0 bridgehead atoms. The molecule has 0 aromatic heterocycles. The number of benzene rings is 2. The third-order valence-electron chi connectivity index (χ3n) is 3.12. The minimum absolute atomic E-state index is 0.105. The molecule has 2 rings (SSSR count). The number of rotatable bonds is 5. The number of carbonyl (C=O) groups is 1. The van der Waals surface area contributed by atoms with Crippen molar-refractivity contribution in [1.82, 2.24) is 0 Å². The van der Waals surface area contributed by atoms with Gasteiger partial charge in [0.2, 0.25) is 0 Å². The lowest BCUT2D eigenvalue weighted by molar-refractivity contribution is 0.102. The molecule has 0 amide bonds. The third-order valence-corrected chi connectivity index (χ3v) is 4.12. The van der Waals surface area contributed by atoms with Gasteiger partial charge in [-0.15, -0.1) is 11.8 Å². The molecule has 2 aromatic carbocycles. The number of thioether (sulfide) groups is 1. The zero-order valence-corrected chi connectivity index (χ0v) is 13.0. The van der Waals surface area contributed by atoms with E-state index in [1.54, 1.807) is 36.0 Å². The van der Waals surface area contributed by atoms with Gasteiger partial charge in [0.15, 0.2) is 5.78 Å². The first-order chi connectivity index (χ1) is 10.1. The van der Waals surface area contributed by atoms with Crippen molar-refractivity contribution >= 4 is 17.5 Å². The van der Waals surface area contributed by atoms with Crippen LogP contribution in [-0.2, 0) is 5.75 Å². The van der Waals surface area contributed by atoms with Gasteiger partial charge in [-0.1, -0.05) is 41.5 Å². The average molecular weight is 295 g/mol. The molecule has 2 nitrogen and oxygen atoms in total. The lowest BCUT2D eigenvalue weighted by atomic mass is 10.1. The molecule has 3 heteroatoms. The molecule has 0 heterocycles. The first kappa shape index (κ1) is 15.3. The fourth-order valence-corrected chi connectivity index (χ4v) is 3.08. The summed E-state index contributed by atoms with van der Waals surface area (Å²) < 4.78 is 0. The maximum absolute atomic E-state index is 12.1. The summed E-state index contributed by atoms with van der Waals surface area (Å²) in [5.74, 6) is 1.40. The van der Waals surface area contributed by atoms with E-state index < -0.39 is 0 Å². The molecule has 0 aliphatic heterocycles. The maximum atomic E-state index is 12.1. The number of Topliss-reactive ketones (excluding diaryl/α,β-unsaturated/α-hetero) is 1. The van der Waals surface area contributed by atoms with Gasteiger partial charge in [0.1, 0.15) is 0 Å². The van der Waals surface area contributed by atoms with Crippen molar-refractivity contribution in [2.24, 2.45) is 0 Å². The number of nitriles is 1. The molecular weight excluding hydrogens is 278 g/mol. The van der Waals surface area contributed by atoms with Crippen LogP contribution >= 0.6 is 11.8 Å². The topological polar surface area (TPSA) is 40.9 Å². The number of hydrogen-bond donors (Lipinski definition) is 0. The van der Waals surface area contributed by atoms with Gasteiger partial charge in [0, 0.05) is 11.3 Å². The van der Waals surface area contributed by atoms with E-state index >= 15 is 0 Å². The van der Waals surface area contributed by atoms with E-state index in [0.29, 0.717) is 16.9 Å². The maximum Gasteiger partial charge on any atom is 0.172 e. The molecule has 21 heavy (non-hydrogen) atoms. The van der Waals surface area contributed by atoms with E-state index in [9.17, 15) is 4.79 Å². The number of nitrogens with zero attached hydrogens (tertiary/aromatic N) is 1. The van der Waals surface area contributed by atoms with Crippen molar-refractivity contribution < 1.29 is 4.79 Å². The van der Waals surface area contributed by atoms with Gasteiger partial charge in [-0.3, -0.25) is 4.79 Å². The molecule has 0 saturated heterocycles. The highest BCUT2D eigenvalue weighted by Gasteiger charge is 2.06. The molecule has 0 radical (unpaired) electrons. The lowest BCUT2D eigenvalue weighted by Gasteiger charge is -2.05. The number of hydrogen-bond acceptors (Lipinski definition) is 3. The Morgan fingerprint density at radius 3 is 2.29 bits per heavy atom. The van der Waals surface area contributed by atoms with E-state index in [1.165, 1.54) is 16.7 Å². The molecule has 0 saturated carbocycles.